The van der Waals surface area contributed by atoms with E-state index in [0.717, 1.165) is 7.11 Å². The molecular formula is C9H6F3N3O3. The van der Waals surface area contributed by atoms with Crippen LogP contribution in [0.4, 0.5) is 18.9 Å². The Kier molecular flexibility index (Phi) is 3.61. The number of nitrogens with zero attached hydrogens (tertiary/aromatic N) is 2. The number of halogens is 3. The quantitative estimate of drug-likeness (QED) is 0.803. The van der Waals surface area contributed by atoms with Gasteiger partial charge in [-0.2, -0.15) is 5.26 Å². The van der Waals surface area contributed by atoms with Crippen molar-refractivity contribution in [2.75, 3.05) is 12.8 Å². The molecule has 9 heteroatoms. The molecule has 1 heterocycles. The van der Waals surface area contributed by atoms with E-state index < -0.39 is 23.9 Å². The van der Waals surface area contributed by atoms with Crippen molar-refractivity contribution in [3.8, 4) is 11.9 Å². The van der Waals surface area contributed by atoms with Crippen LogP contribution >= 0.6 is 0 Å². The molecule has 1 rings (SSSR count). The minimum atomic E-state index is -4.99. The summed E-state index contributed by atoms with van der Waals surface area (Å²) in [5, 5.41) is 8.73. The average molecular weight is 261 g/mol. The van der Waals surface area contributed by atoms with Crippen LogP contribution in [-0.4, -0.2) is 24.4 Å². The lowest BCUT2D eigenvalue weighted by molar-refractivity contribution is -0.276. The van der Waals surface area contributed by atoms with Crippen LogP contribution in [0.5, 0.6) is 5.88 Å². The van der Waals surface area contributed by atoms with Crippen molar-refractivity contribution in [3.63, 3.8) is 0 Å². The van der Waals surface area contributed by atoms with Crippen molar-refractivity contribution in [3.05, 3.63) is 17.3 Å². The van der Waals surface area contributed by atoms with E-state index in [1.54, 1.807) is 6.07 Å². The fourth-order valence-electron chi connectivity index (χ4n) is 1.07. The Morgan fingerprint density at radius 2 is 2.17 bits per heavy atom. The first-order chi connectivity index (χ1) is 8.28. The maximum Gasteiger partial charge on any atom is 0.574 e. The highest BCUT2D eigenvalue weighted by molar-refractivity contribution is 5.92. The van der Waals surface area contributed by atoms with Crippen molar-refractivity contribution in [1.29, 1.82) is 5.26 Å². The van der Waals surface area contributed by atoms with Gasteiger partial charge in [-0.25, -0.2) is 9.78 Å². The second kappa shape index (κ2) is 4.79. The van der Waals surface area contributed by atoms with Gasteiger partial charge in [0.1, 0.15) is 11.6 Å². The molecule has 6 nitrogen and oxygen atoms in total. The summed E-state index contributed by atoms with van der Waals surface area (Å²) in [6.45, 7) is 0. The Morgan fingerprint density at radius 1 is 1.56 bits per heavy atom. The maximum atomic E-state index is 12.0. The van der Waals surface area contributed by atoms with Gasteiger partial charge < -0.3 is 15.2 Å². The first-order valence-electron chi connectivity index (χ1n) is 4.33. The lowest BCUT2D eigenvalue weighted by Gasteiger charge is -2.10. The number of ether oxygens (including phenoxy) is 2. The molecule has 0 aliphatic heterocycles. The molecule has 0 fully saturated rings. The van der Waals surface area contributed by atoms with Crippen LogP contribution in [0, 0.1) is 11.3 Å². The number of carbonyl (C=O) groups is 1. The summed E-state index contributed by atoms with van der Waals surface area (Å²) >= 11 is 0. The van der Waals surface area contributed by atoms with Crippen molar-refractivity contribution in [1.82, 2.24) is 4.98 Å². The number of carbonyl (C=O) groups excluding carboxylic acids is 1. The smallest absolute Gasteiger partial charge is 0.464 e. The summed E-state index contributed by atoms with van der Waals surface area (Å²) in [6, 6.07) is 2.24. The summed E-state index contributed by atoms with van der Waals surface area (Å²) in [7, 11) is 0.985. The zero-order chi connectivity index (χ0) is 13.9. The molecular weight excluding hydrogens is 255 g/mol. The van der Waals surface area contributed by atoms with Crippen molar-refractivity contribution < 1.29 is 27.4 Å². The number of methoxy groups -OCH3 is 1. The van der Waals surface area contributed by atoms with Gasteiger partial charge in [-0.05, 0) is 0 Å². The Labute approximate surface area is 98.7 Å². The number of hydrogen-bond donors (Lipinski definition) is 1. The van der Waals surface area contributed by atoms with Crippen molar-refractivity contribution >= 4 is 11.7 Å². The van der Waals surface area contributed by atoms with E-state index in [4.69, 9.17) is 11.0 Å². The lowest BCUT2D eigenvalue weighted by Crippen LogP contribution is -2.19. The summed E-state index contributed by atoms with van der Waals surface area (Å²) in [5.74, 6) is -2.04. The molecule has 0 saturated heterocycles. The third kappa shape index (κ3) is 3.00. The molecule has 0 aliphatic rings. The molecule has 0 spiro atoms. The maximum absolute atomic E-state index is 12.0. The van der Waals surface area contributed by atoms with E-state index in [2.05, 4.69) is 14.5 Å². The number of esters is 1. The Bertz CT molecular complexity index is 522. The van der Waals surface area contributed by atoms with Crippen LogP contribution in [0.2, 0.25) is 0 Å². The van der Waals surface area contributed by atoms with Crippen LogP contribution in [0.1, 0.15) is 16.1 Å². The molecule has 0 saturated carbocycles. The third-order valence-corrected chi connectivity index (χ3v) is 1.74. The number of nitrogen functional groups attached to an aromatic ring is 1. The highest BCUT2D eigenvalue weighted by Gasteiger charge is 2.33. The topological polar surface area (TPSA) is 98.2 Å². The number of alkyl halides is 3. The summed E-state index contributed by atoms with van der Waals surface area (Å²) in [4.78, 5) is 14.5. The first kappa shape index (κ1) is 13.6. The number of rotatable bonds is 2. The third-order valence-electron chi connectivity index (χ3n) is 1.74. The van der Waals surface area contributed by atoms with Crippen molar-refractivity contribution in [2.24, 2.45) is 0 Å². The van der Waals surface area contributed by atoms with Crippen molar-refractivity contribution in [2.45, 2.75) is 6.36 Å². The molecule has 2 N–H and O–H groups in total. The molecule has 0 radical (unpaired) electrons. The fraction of sp³-hybridized carbons (Fsp3) is 0.222. The number of aromatic nitrogens is 1. The Morgan fingerprint density at radius 3 is 2.61 bits per heavy atom. The SMILES string of the molecule is COC(=O)c1nc(OC(F)(F)F)cc(N)c1C#N. The van der Waals surface area contributed by atoms with Gasteiger partial charge in [0, 0.05) is 6.07 Å². The predicted octanol–water partition coefficient (Wildman–Crippen LogP) is 1.22. The van der Waals surface area contributed by atoms with Gasteiger partial charge in [0.2, 0.25) is 5.88 Å². The zero-order valence-electron chi connectivity index (χ0n) is 8.91. The molecule has 0 unspecified atom stereocenters. The van der Waals surface area contributed by atoms with Gasteiger partial charge >= 0.3 is 12.3 Å². The van der Waals surface area contributed by atoms with E-state index in [0.29, 0.717) is 6.07 Å². The largest absolute Gasteiger partial charge is 0.574 e. The molecule has 18 heavy (non-hydrogen) atoms. The van der Waals surface area contributed by atoms with Crippen LogP contribution in [0.3, 0.4) is 0 Å². The molecule has 96 valence electrons. The number of anilines is 1. The molecule has 1 aromatic heterocycles. The standard InChI is InChI=1S/C9H6F3N3O3/c1-17-8(16)7-4(3-13)5(14)2-6(15-7)18-9(10,11)12/h2H,1H3,(H2,14,15). The summed E-state index contributed by atoms with van der Waals surface area (Å²) in [5.41, 5.74) is 3.94. The molecule has 0 amide bonds. The Hall–Kier alpha value is -2.50. The summed E-state index contributed by atoms with van der Waals surface area (Å²) in [6.07, 6.45) is -4.99. The molecule has 0 bridgehead atoms. The normalized spacial score (nSPS) is 10.6. The van der Waals surface area contributed by atoms with Crippen LogP contribution in [-0.2, 0) is 4.74 Å². The summed E-state index contributed by atoms with van der Waals surface area (Å²) < 4.78 is 43.7. The predicted molar refractivity (Wildman–Crippen MR) is 51.4 cm³/mol. The van der Waals surface area contributed by atoms with Gasteiger partial charge in [-0.3, -0.25) is 0 Å². The van der Waals surface area contributed by atoms with E-state index in [-0.39, 0.29) is 11.3 Å². The minimum Gasteiger partial charge on any atom is -0.464 e. The molecule has 1 aromatic rings. The van der Waals surface area contributed by atoms with E-state index in [1.807, 2.05) is 0 Å². The minimum absolute atomic E-state index is 0.368. The highest BCUT2D eigenvalue weighted by atomic mass is 19.4. The van der Waals surface area contributed by atoms with Gasteiger partial charge in [0.15, 0.2) is 5.69 Å². The van der Waals surface area contributed by atoms with Gasteiger partial charge in [0.25, 0.3) is 0 Å². The number of nitriles is 1. The van der Waals surface area contributed by atoms with Gasteiger partial charge in [-0.15, -0.1) is 13.2 Å². The highest BCUT2D eigenvalue weighted by Crippen LogP contribution is 2.26. The molecule has 0 atom stereocenters. The number of hydrogen-bond acceptors (Lipinski definition) is 6. The van der Waals surface area contributed by atoms with E-state index in [1.165, 1.54) is 0 Å². The first-order valence-corrected chi connectivity index (χ1v) is 4.33. The number of nitrogens with two attached hydrogens (primary N) is 1. The second-order valence-corrected chi connectivity index (χ2v) is 2.92. The molecule has 0 aromatic carbocycles. The van der Waals surface area contributed by atoms with E-state index >= 15 is 0 Å². The van der Waals surface area contributed by atoms with Gasteiger partial charge in [0.05, 0.1) is 12.8 Å². The second-order valence-electron chi connectivity index (χ2n) is 2.92. The van der Waals surface area contributed by atoms with Crippen LogP contribution in [0.15, 0.2) is 6.07 Å². The lowest BCUT2D eigenvalue weighted by atomic mass is 10.2. The average Bonchev–Trinajstić information content (AvgIpc) is 2.25. The van der Waals surface area contributed by atoms with Crippen LogP contribution < -0.4 is 10.5 Å². The van der Waals surface area contributed by atoms with E-state index in [9.17, 15) is 18.0 Å². The zero-order valence-corrected chi connectivity index (χ0v) is 8.91. The van der Waals surface area contributed by atoms with Crippen LogP contribution in [0.25, 0.3) is 0 Å². The van der Waals surface area contributed by atoms with Gasteiger partial charge in [-0.1, -0.05) is 0 Å². The monoisotopic (exact) mass is 261 g/mol. The molecule has 0 aliphatic carbocycles. The fourth-order valence-corrected chi connectivity index (χ4v) is 1.07. The Balaban J connectivity index is 3.32. The number of pyridine rings is 1.